The van der Waals surface area contributed by atoms with Crippen molar-refractivity contribution in [1.82, 2.24) is 4.98 Å². The van der Waals surface area contributed by atoms with Crippen molar-refractivity contribution in [3.05, 3.63) is 76.7 Å². The molecular formula is C22H19ClN2O4S2. The normalized spacial score (nSPS) is 11.7. The van der Waals surface area contributed by atoms with Crippen LogP contribution in [0.25, 0.3) is 10.2 Å². The predicted molar refractivity (Wildman–Crippen MR) is 123 cm³/mol. The summed E-state index contributed by atoms with van der Waals surface area (Å²) in [6, 6.07) is 13.3. The summed E-state index contributed by atoms with van der Waals surface area (Å²) in [6.07, 6.45) is 1.52. The average Bonchev–Trinajstić information content (AvgIpc) is 3.41. The Morgan fingerprint density at radius 2 is 1.97 bits per heavy atom. The number of sulfone groups is 1. The monoisotopic (exact) mass is 474 g/mol. The van der Waals surface area contributed by atoms with Crippen molar-refractivity contribution in [2.45, 2.75) is 25.3 Å². The number of furan rings is 1. The first-order chi connectivity index (χ1) is 14.8. The lowest BCUT2D eigenvalue weighted by Crippen LogP contribution is -2.31. The second-order valence-corrected chi connectivity index (χ2v) is 10.6. The van der Waals surface area contributed by atoms with Crippen molar-refractivity contribution in [1.29, 1.82) is 0 Å². The zero-order valence-electron chi connectivity index (χ0n) is 16.8. The summed E-state index contributed by atoms with van der Waals surface area (Å²) in [5, 5.41) is 1.02. The van der Waals surface area contributed by atoms with Gasteiger partial charge in [0.05, 0.1) is 39.2 Å². The molecule has 0 N–H and O–H groups in total. The van der Waals surface area contributed by atoms with Crippen molar-refractivity contribution in [3.8, 4) is 0 Å². The second kappa shape index (κ2) is 8.45. The van der Waals surface area contributed by atoms with Crippen LogP contribution in [0.2, 0.25) is 5.02 Å². The molecule has 160 valence electrons. The molecule has 0 spiro atoms. The van der Waals surface area contributed by atoms with Gasteiger partial charge in [0.25, 0.3) is 5.91 Å². The van der Waals surface area contributed by atoms with E-state index in [2.05, 4.69) is 4.98 Å². The van der Waals surface area contributed by atoms with Crippen molar-refractivity contribution in [2.24, 2.45) is 0 Å². The number of aromatic nitrogens is 1. The summed E-state index contributed by atoms with van der Waals surface area (Å²) >= 11 is 7.51. The van der Waals surface area contributed by atoms with Gasteiger partial charge in [-0.2, -0.15) is 0 Å². The van der Waals surface area contributed by atoms with E-state index >= 15 is 0 Å². The van der Waals surface area contributed by atoms with Gasteiger partial charge in [-0.25, -0.2) is 13.4 Å². The van der Waals surface area contributed by atoms with E-state index in [-0.39, 0.29) is 22.8 Å². The first-order valence-electron chi connectivity index (χ1n) is 9.53. The zero-order chi connectivity index (χ0) is 22.2. The fraction of sp³-hybridized carbons (Fsp3) is 0.182. The van der Waals surface area contributed by atoms with Gasteiger partial charge >= 0.3 is 0 Å². The molecule has 0 aliphatic rings. The van der Waals surface area contributed by atoms with Crippen LogP contribution in [0.15, 0.2) is 64.1 Å². The van der Waals surface area contributed by atoms with Gasteiger partial charge in [0, 0.05) is 5.02 Å². The highest BCUT2D eigenvalue weighted by Crippen LogP contribution is 2.35. The van der Waals surface area contributed by atoms with Gasteiger partial charge in [0.2, 0.25) is 0 Å². The van der Waals surface area contributed by atoms with Gasteiger partial charge in [-0.05, 0) is 48.9 Å². The molecule has 4 rings (SSSR count). The summed E-state index contributed by atoms with van der Waals surface area (Å²) in [6.45, 7) is 3.57. The highest BCUT2D eigenvalue weighted by atomic mass is 35.5. The quantitative estimate of drug-likeness (QED) is 0.369. The lowest BCUT2D eigenvalue weighted by molar-refractivity contribution is 0.0980. The third-order valence-electron chi connectivity index (χ3n) is 4.84. The average molecular weight is 475 g/mol. The Kier molecular flexibility index (Phi) is 5.88. The third kappa shape index (κ3) is 4.23. The van der Waals surface area contributed by atoms with Crippen molar-refractivity contribution >= 4 is 54.0 Å². The Labute approximate surface area is 189 Å². The van der Waals surface area contributed by atoms with E-state index in [0.29, 0.717) is 15.9 Å². The summed E-state index contributed by atoms with van der Waals surface area (Å²) in [4.78, 5) is 19.8. The number of halogens is 1. The maximum atomic E-state index is 13.6. The van der Waals surface area contributed by atoms with Gasteiger partial charge in [0.1, 0.15) is 5.76 Å². The Bertz CT molecular complexity index is 1360. The predicted octanol–water partition coefficient (Wildman–Crippen LogP) is 5.49. The fourth-order valence-corrected chi connectivity index (χ4v) is 5.76. The van der Waals surface area contributed by atoms with Crippen LogP contribution in [-0.4, -0.2) is 25.1 Å². The van der Waals surface area contributed by atoms with E-state index < -0.39 is 15.7 Å². The topological polar surface area (TPSA) is 80.5 Å². The first kappa shape index (κ1) is 21.5. The van der Waals surface area contributed by atoms with Crippen LogP contribution in [0.5, 0.6) is 0 Å². The molecule has 2 aromatic carbocycles. The molecule has 2 aromatic heterocycles. The van der Waals surface area contributed by atoms with E-state index in [4.69, 9.17) is 16.0 Å². The number of amides is 1. The van der Waals surface area contributed by atoms with E-state index in [9.17, 15) is 13.2 Å². The van der Waals surface area contributed by atoms with Gasteiger partial charge in [-0.15, -0.1) is 0 Å². The second-order valence-electron chi connectivity index (χ2n) is 6.94. The van der Waals surface area contributed by atoms with E-state index in [1.807, 2.05) is 13.0 Å². The van der Waals surface area contributed by atoms with Crippen LogP contribution >= 0.6 is 22.9 Å². The number of carbonyl (C=O) groups excluding carboxylic acids is 1. The summed E-state index contributed by atoms with van der Waals surface area (Å²) in [7, 11) is -3.59. The lowest BCUT2D eigenvalue weighted by atomic mass is 10.2. The number of fused-ring (bicyclic) bond motifs is 1. The molecule has 0 fully saturated rings. The van der Waals surface area contributed by atoms with Crippen LogP contribution in [0.3, 0.4) is 0 Å². The minimum Gasteiger partial charge on any atom is -0.467 e. The third-order valence-corrected chi connectivity index (χ3v) is 7.87. The minimum absolute atomic E-state index is 0.00674. The van der Waals surface area contributed by atoms with Crippen LogP contribution in [0, 0.1) is 6.92 Å². The number of hydrogen-bond donors (Lipinski definition) is 0. The molecular weight excluding hydrogens is 456 g/mol. The number of anilines is 1. The molecule has 0 radical (unpaired) electrons. The molecule has 4 aromatic rings. The molecule has 0 saturated heterocycles. The van der Waals surface area contributed by atoms with Crippen LogP contribution in [0.1, 0.15) is 28.6 Å². The summed E-state index contributed by atoms with van der Waals surface area (Å²) < 4.78 is 31.5. The minimum atomic E-state index is -3.59. The number of aryl methyl sites for hydroxylation is 1. The van der Waals surface area contributed by atoms with Crippen LogP contribution in [-0.2, 0) is 16.4 Å². The molecule has 31 heavy (non-hydrogen) atoms. The highest BCUT2D eigenvalue weighted by Gasteiger charge is 2.28. The maximum Gasteiger partial charge on any atom is 0.261 e. The zero-order valence-corrected chi connectivity index (χ0v) is 19.2. The van der Waals surface area contributed by atoms with Gasteiger partial charge in [-0.1, -0.05) is 42.0 Å². The number of nitrogens with zero attached hydrogens (tertiary/aromatic N) is 2. The van der Waals surface area contributed by atoms with E-state index in [1.165, 1.54) is 34.6 Å². The summed E-state index contributed by atoms with van der Waals surface area (Å²) in [5.74, 6) is -0.0149. The molecule has 0 saturated carbocycles. The van der Waals surface area contributed by atoms with E-state index in [1.54, 1.807) is 37.3 Å². The number of rotatable bonds is 6. The Morgan fingerprint density at radius 3 is 2.68 bits per heavy atom. The number of hydrogen-bond acceptors (Lipinski definition) is 6. The fourth-order valence-electron chi connectivity index (χ4n) is 3.26. The summed E-state index contributed by atoms with van der Waals surface area (Å²) in [5.41, 5.74) is 1.74. The SMILES string of the molecule is CCS(=O)(=O)c1ccccc1C(=O)N(Cc1ccco1)c1nc2c(C)cc(Cl)cc2s1. The smallest absolute Gasteiger partial charge is 0.261 e. The van der Waals surface area contributed by atoms with Gasteiger partial charge < -0.3 is 4.42 Å². The molecule has 0 unspecified atom stereocenters. The standard InChI is InChI=1S/C22H19ClN2O4S2/c1-3-31(27,28)19-9-5-4-8-17(19)21(26)25(13-16-7-6-10-29-16)22-24-20-14(2)11-15(23)12-18(20)30-22/h4-12H,3,13H2,1-2H3. The Morgan fingerprint density at radius 1 is 1.19 bits per heavy atom. The van der Waals surface area contributed by atoms with E-state index in [0.717, 1.165) is 15.8 Å². The van der Waals surface area contributed by atoms with Crippen molar-refractivity contribution in [2.75, 3.05) is 10.7 Å². The number of carbonyl (C=O) groups is 1. The Hall–Kier alpha value is -2.68. The van der Waals surface area contributed by atoms with Crippen molar-refractivity contribution < 1.29 is 17.6 Å². The molecule has 0 aliphatic heterocycles. The molecule has 0 aliphatic carbocycles. The Balaban J connectivity index is 1.86. The van der Waals surface area contributed by atoms with Gasteiger partial charge in [0.15, 0.2) is 15.0 Å². The molecule has 9 heteroatoms. The molecule has 6 nitrogen and oxygen atoms in total. The van der Waals surface area contributed by atoms with Crippen LogP contribution < -0.4 is 4.90 Å². The van der Waals surface area contributed by atoms with Crippen LogP contribution in [0.4, 0.5) is 5.13 Å². The molecule has 0 bridgehead atoms. The molecule has 0 atom stereocenters. The lowest BCUT2D eigenvalue weighted by Gasteiger charge is -2.20. The van der Waals surface area contributed by atoms with Crippen molar-refractivity contribution in [3.63, 3.8) is 0 Å². The van der Waals surface area contributed by atoms with Gasteiger partial charge in [-0.3, -0.25) is 9.69 Å². The highest BCUT2D eigenvalue weighted by molar-refractivity contribution is 7.91. The maximum absolute atomic E-state index is 13.6. The largest absolute Gasteiger partial charge is 0.467 e. The molecule has 2 heterocycles. The number of thiazole rings is 1. The molecule has 1 amide bonds. The number of benzene rings is 2. The first-order valence-corrected chi connectivity index (χ1v) is 12.4.